The van der Waals surface area contributed by atoms with E-state index in [0.29, 0.717) is 10.6 Å². The Bertz CT molecular complexity index is 430. The third-order valence-electron chi connectivity index (χ3n) is 2.96. The lowest BCUT2D eigenvalue weighted by Gasteiger charge is -2.26. The predicted octanol–water partition coefficient (Wildman–Crippen LogP) is 0.861. The summed E-state index contributed by atoms with van der Waals surface area (Å²) in [5.74, 6) is -0.385. The molecule has 2 heterocycles. The van der Waals surface area contributed by atoms with Crippen LogP contribution in [0.2, 0.25) is 0 Å². The molecule has 0 bridgehead atoms. The molecule has 0 spiro atoms. The number of hydrogen-bond acceptors (Lipinski definition) is 7. The van der Waals surface area contributed by atoms with Gasteiger partial charge in [-0.15, -0.1) is 11.3 Å². The Morgan fingerprint density at radius 2 is 2.32 bits per heavy atom. The van der Waals surface area contributed by atoms with Gasteiger partial charge in [0.15, 0.2) is 0 Å². The van der Waals surface area contributed by atoms with Crippen molar-refractivity contribution in [1.29, 1.82) is 0 Å². The summed E-state index contributed by atoms with van der Waals surface area (Å²) < 4.78 is 9.97. The number of nitrogens with one attached hydrogen (secondary N) is 1. The van der Waals surface area contributed by atoms with Crippen molar-refractivity contribution >= 4 is 28.0 Å². The van der Waals surface area contributed by atoms with Crippen molar-refractivity contribution in [2.24, 2.45) is 0 Å². The quantitative estimate of drug-likeness (QED) is 0.782. The number of rotatable bonds is 5. The number of morpholine rings is 1. The van der Waals surface area contributed by atoms with E-state index in [-0.39, 0.29) is 5.97 Å². The van der Waals surface area contributed by atoms with Gasteiger partial charge in [0.05, 0.1) is 31.0 Å². The first-order valence-corrected chi connectivity index (χ1v) is 7.04. The van der Waals surface area contributed by atoms with Gasteiger partial charge in [-0.1, -0.05) is 0 Å². The van der Waals surface area contributed by atoms with E-state index in [1.807, 2.05) is 0 Å². The second kappa shape index (κ2) is 6.74. The van der Waals surface area contributed by atoms with E-state index in [4.69, 9.17) is 10.5 Å². The summed E-state index contributed by atoms with van der Waals surface area (Å²) >= 11 is 1.32. The van der Waals surface area contributed by atoms with Crippen molar-refractivity contribution in [1.82, 2.24) is 4.90 Å². The van der Waals surface area contributed by atoms with Gasteiger partial charge in [0.2, 0.25) is 0 Å². The maximum absolute atomic E-state index is 11.4. The summed E-state index contributed by atoms with van der Waals surface area (Å²) in [7, 11) is 1.35. The second-order valence-electron chi connectivity index (χ2n) is 4.27. The number of ether oxygens (including phenoxy) is 2. The molecular formula is C12H19N3O3S. The predicted molar refractivity (Wildman–Crippen MR) is 75.8 cm³/mol. The van der Waals surface area contributed by atoms with Gasteiger partial charge in [0.1, 0.15) is 4.88 Å². The zero-order valence-electron chi connectivity index (χ0n) is 11.0. The van der Waals surface area contributed by atoms with Gasteiger partial charge < -0.3 is 20.5 Å². The number of methoxy groups -OCH3 is 1. The van der Waals surface area contributed by atoms with Crippen LogP contribution in [0.5, 0.6) is 0 Å². The van der Waals surface area contributed by atoms with Crippen molar-refractivity contribution in [3.63, 3.8) is 0 Å². The van der Waals surface area contributed by atoms with Crippen LogP contribution in [-0.2, 0) is 9.47 Å². The molecule has 0 saturated carbocycles. The molecular weight excluding hydrogens is 266 g/mol. The standard InChI is InChI=1S/C12H19N3O3S/c1-17-12(16)11-9(13)8-10(19-11)14-2-3-15-4-6-18-7-5-15/h8,14H,2-7,13H2,1H3. The van der Waals surface area contributed by atoms with Gasteiger partial charge in [-0.3, -0.25) is 4.90 Å². The van der Waals surface area contributed by atoms with Crippen LogP contribution in [0.25, 0.3) is 0 Å². The van der Waals surface area contributed by atoms with E-state index in [1.165, 1.54) is 18.4 Å². The van der Waals surface area contributed by atoms with Crippen LogP contribution in [0.4, 0.5) is 10.7 Å². The lowest BCUT2D eigenvalue weighted by molar-refractivity contribution is 0.0398. The van der Waals surface area contributed by atoms with Crippen molar-refractivity contribution in [2.45, 2.75) is 0 Å². The summed E-state index contributed by atoms with van der Waals surface area (Å²) in [4.78, 5) is 14.2. The summed E-state index contributed by atoms with van der Waals surface area (Å²) in [6.07, 6.45) is 0. The molecule has 1 aliphatic rings. The minimum Gasteiger partial charge on any atom is -0.465 e. The first-order valence-electron chi connectivity index (χ1n) is 6.22. The van der Waals surface area contributed by atoms with E-state index >= 15 is 0 Å². The molecule has 1 aromatic heterocycles. The van der Waals surface area contributed by atoms with E-state index < -0.39 is 0 Å². The highest BCUT2D eigenvalue weighted by Gasteiger charge is 2.15. The van der Waals surface area contributed by atoms with Gasteiger partial charge in [0.25, 0.3) is 0 Å². The van der Waals surface area contributed by atoms with Crippen molar-refractivity contribution < 1.29 is 14.3 Å². The van der Waals surface area contributed by atoms with Crippen LogP contribution < -0.4 is 11.1 Å². The van der Waals surface area contributed by atoms with Crippen LogP contribution in [-0.4, -0.2) is 57.4 Å². The highest BCUT2D eigenvalue weighted by Crippen LogP contribution is 2.29. The zero-order chi connectivity index (χ0) is 13.7. The van der Waals surface area contributed by atoms with E-state index in [1.54, 1.807) is 6.07 Å². The van der Waals surface area contributed by atoms with Crippen LogP contribution in [0.3, 0.4) is 0 Å². The summed E-state index contributed by atoms with van der Waals surface area (Å²) in [5, 5.41) is 4.17. The van der Waals surface area contributed by atoms with Gasteiger partial charge in [-0.25, -0.2) is 4.79 Å². The van der Waals surface area contributed by atoms with Gasteiger partial charge in [-0.05, 0) is 6.07 Å². The molecule has 19 heavy (non-hydrogen) atoms. The van der Waals surface area contributed by atoms with Gasteiger partial charge in [0, 0.05) is 26.2 Å². The molecule has 7 heteroatoms. The number of carbonyl (C=O) groups excluding carboxylic acids is 1. The monoisotopic (exact) mass is 285 g/mol. The maximum Gasteiger partial charge on any atom is 0.350 e. The normalized spacial score (nSPS) is 16.3. The molecule has 2 rings (SSSR count). The Morgan fingerprint density at radius 3 is 3.00 bits per heavy atom. The number of anilines is 2. The smallest absolute Gasteiger partial charge is 0.350 e. The summed E-state index contributed by atoms with van der Waals surface area (Å²) in [5.41, 5.74) is 6.24. The van der Waals surface area contributed by atoms with Crippen LogP contribution in [0.1, 0.15) is 9.67 Å². The fourth-order valence-corrected chi connectivity index (χ4v) is 2.83. The summed E-state index contributed by atoms with van der Waals surface area (Å²) in [6, 6.07) is 1.77. The highest BCUT2D eigenvalue weighted by molar-refractivity contribution is 7.18. The second-order valence-corrected chi connectivity index (χ2v) is 5.32. The highest BCUT2D eigenvalue weighted by atomic mass is 32.1. The van der Waals surface area contributed by atoms with Crippen LogP contribution in [0.15, 0.2) is 6.07 Å². The molecule has 6 nitrogen and oxygen atoms in total. The number of carbonyl (C=O) groups is 1. The zero-order valence-corrected chi connectivity index (χ0v) is 11.8. The lowest BCUT2D eigenvalue weighted by atomic mass is 10.4. The number of nitrogens with two attached hydrogens (primary N) is 1. The van der Waals surface area contributed by atoms with Crippen molar-refractivity contribution in [3.05, 3.63) is 10.9 Å². The Labute approximate surface area is 116 Å². The molecule has 1 aliphatic heterocycles. The molecule has 1 fully saturated rings. The number of esters is 1. The van der Waals surface area contributed by atoms with E-state index in [0.717, 1.165) is 44.4 Å². The van der Waals surface area contributed by atoms with E-state index in [2.05, 4.69) is 15.0 Å². The van der Waals surface area contributed by atoms with Crippen LogP contribution >= 0.6 is 11.3 Å². The molecule has 0 aromatic carbocycles. The van der Waals surface area contributed by atoms with Crippen LogP contribution in [0, 0.1) is 0 Å². The number of nitrogens with zero attached hydrogens (tertiary/aromatic N) is 1. The number of nitrogen functional groups attached to an aromatic ring is 1. The first-order chi connectivity index (χ1) is 9.20. The molecule has 0 unspecified atom stereocenters. The third-order valence-corrected chi connectivity index (χ3v) is 4.05. The first kappa shape index (κ1) is 14.1. The Balaban J connectivity index is 1.81. The van der Waals surface area contributed by atoms with Gasteiger partial charge in [-0.2, -0.15) is 0 Å². The minimum absolute atomic E-state index is 0.385. The molecule has 0 radical (unpaired) electrons. The molecule has 0 amide bonds. The molecule has 3 N–H and O–H groups in total. The van der Waals surface area contributed by atoms with E-state index in [9.17, 15) is 4.79 Å². The van der Waals surface area contributed by atoms with Crippen molar-refractivity contribution in [3.8, 4) is 0 Å². The van der Waals surface area contributed by atoms with Crippen molar-refractivity contribution in [2.75, 3.05) is 57.6 Å². The minimum atomic E-state index is -0.385. The largest absolute Gasteiger partial charge is 0.465 e. The third kappa shape index (κ3) is 3.82. The fraction of sp³-hybridized carbons (Fsp3) is 0.583. The summed E-state index contributed by atoms with van der Waals surface area (Å²) in [6.45, 7) is 5.33. The van der Waals surface area contributed by atoms with Gasteiger partial charge >= 0.3 is 5.97 Å². The molecule has 106 valence electrons. The fourth-order valence-electron chi connectivity index (χ4n) is 1.91. The Kier molecular flexibility index (Phi) is 5.00. The Morgan fingerprint density at radius 1 is 1.58 bits per heavy atom. The lowest BCUT2D eigenvalue weighted by Crippen LogP contribution is -2.38. The molecule has 0 atom stereocenters. The number of thiophene rings is 1. The number of hydrogen-bond donors (Lipinski definition) is 2. The molecule has 1 saturated heterocycles. The average Bonchev–Trinajstić information content (AvgIpc) is 2.80. The molecule has 1 aromatic rings. The SMILES string of the molecule is COC(=O)c1sc(NCCN2CCOCC2)cc1N. The maximum atomic E-state index is 11.4. The Hall–Kier alpha value is -1.31. The topological polar surface area (TPSA) is 76.8 Å². The molecule has 0 aliphatic carbocycles. The average molecular weight is 285 g/mol.